The molecule has 0 bridgehead atoms. The van der Waals surface area contributed by atoms with Crippen LogP contribution in [-0.4, -0.2) is 16.2 Å². The minimum atomic E-state index is -0.421. The van der Waals surface area contributed by atoms with Crippen molar-refractivity contribution in [3.63, 3.8) is 0 Å². The summed E-state index contributed by atoms with van der Waals surface area (Å²) in [7, 11) is 0. The van der Waals surface area contributed by atoms with Crippen LogP contribution < -0.4 is 16.2 Å². The Morgan fingerprint density at radius 3 is 2.47 bits per heavy atom. The molecular formula is C11H10N4O2. The molecule has 0 aliphatic carbocycles. The van der Waals surface area contributed by atoms with Gasteiger partial charge in [-0.3, -0.25) is 10.1 Å². The van der Waals surface area contributed by atoms with Crippen LogP contribution in [0.1, 0.15) is 0 Å². The summed E-state index contributed by atoms with van der Waals surface area (Å²) in [6.45, 7) is 0. The summed E-state index contributed by atoms with van der Waals surface area (Å²) in [6, 6.07) is 11.3. The van der Waals surface area contributed by atoms with E-state index in [1.165, 1.54) is 12.1 Å². The summed E-state index contributed by atoms with van der Waals surface area (Å²) in [6.07, 6.45) is 0. The minimum absolute atomic E-state index is 0.276. The molecular weight excluding hydrogens is 220 g/mol. The van der Waals surface area contributed by atoms with Gasteiger partial charge in [-0.15, -0.1) is 0 Å². The SMILES string of the molecule is O=C(Nc1ccccc1)Nc1ccc(=O)[nH]n1. The second-order valence-corrected chi connectivity index (χ2v) is 3.25. The first-order valence-electron chi connectivity index (χ1n) is 4.93. The second kappa shape index (κ2) is 4.93. The van der Waals surface area contributed by atoms with E-state index in [0.29, 0.717) is 5.69 Å². The smallest absolute Gasteiger partial charge is 0.308 e. The Balaban J connectivity index is 1.98. The van der Waals surface area contributed by atoms with Crippen LogP contribution in [0.2, 0.25) is 0 Å². The van der Waals surface area contributed by atoms with E-state index in [1.807, 2.05) is 18.2 Å². The van der Waals surface area contributed by atoms with Crippen molar-refractivity contribution in [1.82, 2.24) is 10.2 Å². The number of H-pyrrole nitrogens is 1. The van der Waals surface area contributed by atoms with E-state index in [-0.39, 0.29) is 11.4 Å². The van der Waals surface area contributed by atoms with Crippen LogP contribution >= 0.6 is 0 Å². The summed E-state index contributed by atoms with van der Waals surface area (Å²) >= 11 is 0. The Kier molecular flexibility index (Phi) is 3.15. The third-order valence-electron chi connectivity index (χ3n) is 1.95. The van der Waals surface area contributed by atoms with Crippen molar-refractivity contribution in [2.75, 3.05) is 10.6 Å². The second-order valence-electron chi connectivity index (χ2n) is 3.25. The highest BCUT2D eigenvalue weighted by Crippen LogP contribution is 2.05. The standard InChI is InChI=1S/C11H10N4O2/c16-10-7-6-9(14-15-10)13-11(17)12-8-4-2-1-3-5-8/h1-7H,(H,15,16)(H2,12,13,14,17). The van der Waals surface area contributed by atoms with E-state index in [4.69, 9.17) is 0 Å². The maximum Gasteiger partial charge on any atom is 0.324 e. The predicted molar refractivity (Wildman–Crippen MR) is 63.9 cm³/mol. The number of aromatic nitrogens is 2. The highest BCUT2D eigenvalue weighted by Gasteiger charge is 2.02. The molecule has 2 rings (SSSR count). The molecule has 2 aromatic rings. The number of hydrogen-bond acceptors (Lipinski definition) is 3. The largest absolute Gasteiger partial charge is 0.324 e. The lowest BCUT2D eigenvalue weighted by molar-refractivity contribution is 0.262. The number of carbonyl (C=O) groups is 1. The number of aromatic amines is 1. The van der Waals surface area contributed by atoms with E-state index < -0.39 is 6.03 Å². The first-order valence-corrected chi connectivity index (χ1v) is 4.93. The van der Waals surface area contributed by atoms with Gasteiger partial charge in [0.25, 0.3) is 5.56 Å². The van der Waals surface area contributed by atoms with Crippen LogP contribution in [0.25, 0.3) is 0 Å². The van der Waals surface area contributed by atoms with E-state index in [0.717, 1.165) is 0 Å². The Morgan fingerprint density at radius 2 is 1.82 bits per heavy atom. The third-order valence-corrected chi connectivity index (χ3v) is 1.95. The summed E-state index contributed by atoms with van der Waals surface area (Å²) in [5, 5.41) is 11.0. The number of nitrogens with zero attached hydrogens (tertiary/aromatic N) is 1. The molecule has 6 heteroatoms. The molecule has 0 saturated heterocycles. The Bertz CT molecular complexity index is 545. The third kappa shape index (κ3) is 3.16. The molecule has 2 amide bonds. The predicted octanol–water partition coefficient (Wildman–Crippen LogP) is 1.41. The van der Waals surface area contributed by atoms with Crippen LogP contribution in [0, 0.1) is 0 Å². The lowest BCUT2D eigenvalue weighted by atomic mass is 10.3. The van der Waals surface area contributed by atoms with Crippen molar-refractivity contribution in [3.8, 4) is 0 Å². The number of para-hydroxylation sites is 1. The number of hydrogen-bond donors (Lipinski definition) is 3. The summed E-state index contributed by atoms with van der Waals surface area (Å²) in [5.41, 5.74) is 0.355. The fourth-order valence-electron chi connectivity index (χ4n) is 1.21. The molecule has 1 aromatic heterocycles. The Morgan fingerprint density at radius 1 is 1.06 bits per heavy atom. The molecule has 0 fully saturated rings. The van der Waals surface area contributed by atoms with Gasteiger partial charge in [-0.05, 0) is 18.2 Å². The van der Waals surface area contributed by atoms with Gasteiger partial charge in [0.05, 0.1) is 0 Å². The first-order chi connectivity index (χ1) is 8.24. The average molecular weight is 230 g/mol. The molecule has 1 heterocycles. The normalized spacial score (nSPS) is 9.65. The van der Waals surface area contributed by atoms with Crippen LogP contribution in [0.15, 0.2) is 47.3 Å². The molecule has 3 N–H and O–H groups in total. The van der Waals surface area contributed by atoms with Crippen molar-refractivity contribution in [3.05, 3.63) is 52.8 Å². The summed E-state index contributed by atoms with van der Waals surface area (Å²) < 4.78 is 0. The number of benzene rings is 1. The fraction of sp³-hybridized carbons (Fsp3) is 0. The lowest BCUT2D eigenvalue weighted by Crippen LogP contribution is -2.21. The van der Waals surface area contributed by atoms with Crippen molar-refractivity contribution in [2.45, 2.75) is 0 Å². The van der Waals surface area contributed by atoms with Gasteiger partial charge in [0.2, 0.25) is 0 Å². The summed E-state index contributed by atoms with van der Waals surface area (Å²) in [5.74, 6) is 0.276. The molecule has 0 radical (unpaired) electrons. The molecule has 0 atom stereocenters. The zero-order valence-corrected chi connectivity index (χ0v) is 8.81. The van der Waals surface area contributed by atoms with Crippen LogP contribution in [0.4, 0.5) is 16.3 Å². The maximum absolute atomic E-state index is 11.5. The molecule has 0 saturated carbocycles. The van der Waals surface area contributed by atoms with Gasteiger partial charge in [0, 0.05) is 11.8 Å². The van der Waals surface area contributed by atoms with E-state index in [1.54, 1.807) is 12.1 Å². The van der Waals surface area contributed by atoms with Gasteiger partial charge < -0.3 is 5.32 Å². The maximum atomic E-state index is 11.5. The number of urea groups is 1. The molecule has 0 unspecified atom stereocenters. The zero-order valence-electron chi connectivity index (χ0n) is 8.81. The van der Waals surface area contributed by atoms with E-state index in [9.17, 15) is 9.59 Å². The molecule has 17 heavy (non-hydrogen) atoms. The minimum Gasteiger partial charge on any atom is -0.308 e. The number of rotatable bonds is 2. The average Bonchev–Trinajstić information content (AvgIpc) is 2.33. The van der Waals surface area contributed by atoms with Crippen molar-refractivity contribution < 1.29 is 4.79 Å². The van der Waals surface area contributed by atoms with Crippen LogP contribution in [-0.2, 0) is 0 Å². The first kappa shape index (κ1) is 10.9. The Hall–Kier alpha value is -2.63. The molecule has 6 nitrogen and oxygen atoms in total. The number of anilines is 2. The van der Waals surface area contributed by atoms with E-state index in [2.05, 4.69) is 20.8 Å². The van der Waals surface area contributed by atoms with Crippen LogP contribution in [0.5, 0.6) is 0 Å². The zero-order chi connectivity index (χ0) is 12.1. The molecule has 0 aliphatic heterocycles. The van der Waals surface area contributed by atoms with Gasteiger partial charge in [-0.2, -0.15) is 5.10 Å². The van der Waals surface area contributed by atoms with Gasteiger partial charge in [0.15, 0.2) is 5.82 Å². The molecule has 0 spiro atoms. The molecule has 0 aliphatic rings. The van der Waals surface area contributed by atoms with Gasteiger partial charge in [0.1, 0.15) is 0 Å². The van der Waals surface area contributed by atoms with Crippen molar-refractivity contribution in [1.29, 1.82) is 0 Å². The van der Waals surface area contributed by atoms with E-state index >= 15 is 0 Å². The molecule has 1 aromatic carbocycles. The van der Waals surface area contributed by atoms with Crippen molar-refractivity contribution in [2.24, 2.45) is 0 Å². The molecule has 86 valence electrons. The van der Waals surface area contributed by atoms with Crippen LogP contribution in [0.3, 0.4) is 0 Å². The van der Waals surface area contributed by atoms with Gasteiger partial charge in [-0.25, -0.2) is 9.89 Å². The monoisotopic (exact) mass is 230 g/mol. The highest BCUT2D eigenvalue weighted by molar-refractivity contribution is 5.98. The van der Waals surface area contributed by atoms with Gasteiger partial charge >= 0.3 is 6.03 Å². The highest BCUT2D eigenvalue weighted by atomic mass is 16.2. The number of amides is 2. The topological polar surface area (TPSA) is 86.9 Å². The number of nitrogens with one attached hydrogen (secondary N) is 3. The fourth-order valence-corrected chi connectivity index (χ4v) is 1.21. The summed E-state index contributed by atoms with van der Waals surface area (Å²) in [4.78, 5) is 22.3. The quantitative estimate of drug-likeness (QED) is 0.729. The Labute approximate surface area is 96.7 Å². The number of carbonyl (C=O) groups excluding carboxylic acids is 1. The van der Waals surface area contributed by atoms with Gasteiger partial charge in [-0.1, -0.05) is 18.2 Å². The van der Waals surface area contributed by atoms with Crippen molar-refractivity contribution >= 4 is 17.5 Å². The lowest BCUT2D eigenvalue weighted by Gasteiger charge is -2.05.